The standard InChI is InChI=1S/C12H11BrN2S/c13-10-2-1-3-11(6-10)16-8-9-4-5-12(14)15-7-9/h1-7H,8H2,(H2,14,15). The van der Waals surface area contributed by atoms with Crippen molar-refractivity contribution in [2.24, 2.45) is 0 Å². The second kappa shape index (κ2) is 5.37. The Balaban J connectivity index is 1.99. The van der Waals surface area contributed by atoms with Crippen molar-refractivity contribution in [2.45, 2.75) is 10.6 Å². The van der Waals surface area contributed by atoms with Gasteiger partial charge in [0.15, 0.2) is 0 Å². The van der Waals surface area contributed by atoms with Crippen LogP contribution in [0.3, 0.4) is 0 Å². The molecule has 0 aliphatic rings. The van der Waals surface area contributed by atoms with Crippen LogP contribution in [0.15, 0.2) is 52.0 Å². The number of nitrogens with two attached hydrogens (primary N) is 1. The minimum absolute atomic E-state index is 0.566. The van der Waals surface area contributed by atoms with E-state index in [9.17, 15) is 0 Å². The number of hydrogen-bond acceptors (Lipinski definition) is 3. The monoisotopic (exact) mass is 294 g/mol. The van der Waals surface area contributed by atoms with Gasteiger partial charge >= 0.3 is 0 Å². The van der Waals surface area contributed by atoms with E-state index in [0.717, 1.165) is 10.2 Å². The maximum Gasteiger partial charge on any atom is 0.123 e. The van der Waals surface area contributed by atoms with E-state index in [4.69, 9.17) is 5.73 Å². The predicted octanol–water partition coefficient (Wildman–Crippen LogP) is 3.72. The number of nitrogen functional groups attached to an aromatic ring is 1. The van der Waals surface area contributed by atoms with Crippen molar-refractivity contribution in [3.8, 4) is 0 Å². The molecule has 2 aromatic rings. The van der Waals surface area contributed by atoms with Crippen LogP contribution in [0.25, 0.3) is 0 Å². The second-order valence-corrected chi connectivity index (χ2v) is 5.30. The third kappa shape index (κ3) is 3.25. The van der Waals surface area contributed by atoms with Gasteiger partial charge < -0.3 is 5.73 Å². The van der Waals surface area contributed by atoms with E-state index in [1.807, 2.05) is 30.5 Å². The van der Waals surface area contributed by atoms with Crippen LogP contribution in [-0.4, -0.2) is 4.98 Å². The highest BCUT2D eigenvalue weighted by Crippen LogP contribution is 2.25. The van der Waals surface area contributed by atoms with Gasteiger partial charge in [-0.3, -0.25) is 0 Å². The molecule has 0 aliphatic carbocycles. The first-order valence-corrected chi connectivity index (χ1v) is 6.61. The second-order valence-electron chi connectivity index (χ2n) is 3.34. The number of thioether (sulfide) groups is 1. The Morgan fingerprint density at radius 1 is 1.25 bits per heavy atom. The molecule has 0 atom stereocenters. The lowest BCUT2D eigenvalue weighted by Crippen LogP contribution is -1.90. The average molecular weight is 295 g/mol. The van der Waals surface area contributed by atoms with Crippen molar-refractivity contribution in [1.82, 2.24) is 4.98 Å². The number of halogens is 1. The Kier molecular flexibility index (Phi) is 3.85. The summed E-state index contributed by atoms with van der Waals surface area (Å²) in [6.45, 7) is 0. The molecule has 2 rings (SSSR count). The zero-order chi connectivity index (χ0) is 11.4. The number of hydrogen-bond donors (Lipinski definition) is 1. The fourth-order valence-electron chi connectivity index (χ4n) is 1.24. The van der Waals surface area contributed by atoms with Crippen LogP contribution in [0.5, 0.6) is 0 Å². The number of pyridine rings is 1. The van der Waals surface area contributed by atoms with E-state index in [2.05, 4.69) is 33.0 Å². The summed E-state index contributed by atoms with van der Waals surface area (Å²) >= 11 is 5.24. The first kappa shape index (κ1) is 11.5. The lowest BCUT2D eigenvalue weighted by atomic mass is 10.3. The lowest BCUT2D eigenvalue weighted by Gasteiger charge is -2.02. The molecular formula is C12H11BrN2S. The van der Waals surface area contributed by atoms with E-state index in [-0.39, 0.29) is 0 Å². The molecule has 1 aromatic carbocycles. The van der Waals surface area contributed by atoms with Crippen molar-refractivity contribution in [3.63, 3.8) is 0 Å². The molecule has 4 heteroatoms. The molecule has 0 unspecified atom stereocenters. The fourth-order valence-corrected chi connectivity index (χ4v) is 2.68. The highest BCUT2D eigenvalue weighted by Gasteiger charge is 1.97. The van der Waals surface area contributed by atoms with Gasteiger partial charge in [0.05, 0.1) is 0 Å². The Hall–Kier alpha value is -1.00. The van der Waals surface area contributed by atoms with Crippen LogP contribution < -0.4 is 5.73 Å². The Bertz CT molecular complexity index is 471. The highest BCUT2D eigenvalue weighted by molar-refractivity contribution is 9.10. The molecule has 0 spiro atoms. The normalized spacial score (nSPS) is 10.3. The molecule has 0 bridgehead atoms. The maximum atomic E-state index is 5.53. The van der Waals surface area contributed by atoms with Crippen LogP contribution in [0.1, 0.15) is 5.56 Å². The summed E-state index contributed by atoms with van der Waals surface area (Å²) in [4.78, 5) is 5.31. The topological polar surface area (TPSA) is 38.9 Å². The van der Waals surface area contributed by atoms with E-state index < -0.39 is 0 Å². The molecule has 2 nitrogen and oxygen atoms in total. The number of rotatable bonds is 3. The third-order valence-electron chi connectivity index (χ3n) is 2.05. The Morgan fingerprint density at radius 2 is 2.12 bits per heavy atom. The van der Waals surface area contributed by atoms with Crippen molar-refractivity contribution < 1.29 is 0 Å². The zero-order valence-electron chi connectivity index (χ0n) is 8.56. The SMILES string of the molecule is Nc1ccc(CSc2cccc(Br)c2)cn1. The predicted molar refractivity (Wildman–Crippen MR) is 72.4 cm³/mol. The molecule has 0 saturated heterocycles. The van der Waals surface area contributed by atoms with Crippen LogP contribution in [-0.2, 0) is 5.75 Å². The minimum atomic E-state index is 0.566. The van der Waals surface area contributed by atoms with Crippen LogP contribution >= 0.6 is 27.7 Å². The summed E-state index contributed by atoms with van der Waals surface area (Å²) in [6.07, 6.45) is 1.82. The van der Waals surface area contributed by atoms with Gasteiger partial charge in [0.1, 0.15) is 5.82 Å². The van der Waals surface area contributed by atoms with E-state index in [1.54, 1.807) is 11.8 Å². The highest BCUT2D eigenvalue weighted by atomic mass is 79.9. The average Bonchev–Trinajstić information content (AvgIpc) is 2.28. The molecule has 0 aliphatic heterocycles. The maximum absolute atomic E-state index is 5.53. The third-order valence-corrected chi connectivity index (χ3v) is 3.61. The summed E-state index contributed by atoms with van der Waals surface area (Å²) in [7, 11) is 0. The van der Waals surface area contributed by atoms with Crippen molar-refractivity contribution in [3.05, 3.63) is 52.6 Å². The van der Waals surface area contributed by atoms with E-state index in [0.29, 0.717) is 5.82 Å². The smallest absolute Gasteiger partial charge is 0.123 e. The van der Waals surface area contributed by atoms with Crippen LogP contribution in [0.4, 0.5) is 5.82 Å². The van der Waals surface area contributed by atoms with Gasteiger partial charge in [0.2, 0.25) is 0 Å². The summed E-state index contributed by atoms with van der Waals surface area (Å²) in [5, 5.41) is 0. The Labute approximate surface area is 107 Å². The molecule has 1 aromatic heterocycles. The van der Waals surface area contributed by atoms with Gasteiger partial charge in [-0.05, 0) is 29.8 Å². The lowest BCUT2D eigenvalue weighted by molar-refractivity contribution is 1.25. The number of aromatic nitrogens is 1. The van der Waals surface area contributed by atoms with Crippen LogP contribution in [0.2, 0.25) is 0 Å². The van der Waals surface area contributed by atoms with Gasteiger partial charge in [-0.1, -0.05) is 28.1 Å². The molecule has 0 fully saturated rings. The number of benzene rings is 1. The molecule has 0 radical (unpaired) electrons. The Morgan fingerprint density at radius 3 is 2.81 bits per heavy atom. The van der Waals surface area contributed by atoms with Crippen LogP contribution in [0, 0.1) is 0 Å². The van der Waals surface area contributed by atoms with E-state index in [1.165, 1.54) is 10.5 Å². The van der Waals surface area contributed by atoms with Gasteiger partial charge in [-0.2, -0.15) is 0 Å². The van der Waals surface area contributed by atoms with Crippen molar-refractivity contribution >= 4 is 33.5 Å². The molecule has 1 heterocycles. The zero-order valence-corrected chi connectivity index (χ0v) is 11.0. The molecule has 0 saturated carbocycles. The molecular weight excluding hydrogens is 284 g/mol. The molecule has 16 heavy (non-hydrogen) atoms. The van der Waals surface area contributed by atoms with Gasteiger partial charge in [0, 0.05) is 21.3 Å². The first-order valence-electron chi connectivity index (χ1n) is 4.83. The first-order chi connectivity index (χ1) is 7.74. The molecule has 2 N–H and O–H groups in total. The summed E-state index contributed by atoms with van der Waals surface area (Å²) in [6, 6.07) is 12.1. The van der Waals surface area contributed by atoms with Crippen molar-refractivity contribution in [2.75, 3.05) is 5.73 Å². The van der Waals surface area contributed by atoms with Gasteiger partial charge in [-0.25, -0.2) is 4.98 Å². The summed E-state index contributed by atoms with van der Waals surface area (Å²) in [5.41, 5.74) is 6.71. The van der Waals surface area contributed by atoms with Gasteiger partial charge in [-0.15, -0.1) is 11.8 Å². The minimum Gasteiger partial charge on any atom is -0.384 e. The number of anilines is 1. The summed E-state index contributed by atoms with van der Waals surface area (Å²) in [5.74, 6) is 1.47. The fraction of sp³-hybridized carbons (Fsp3) is 0.0833. The number of nitrogens with zero attached hydrogens (tertiary/aromatic N) is 1. The molecule has 0 amide bonds. The largest absolute Gasteiger partial charge is 0.384 e. The van der Waals surface area contributed by atoms with E-state index >= 15 is 0 Å². The van der Waals surface area contributed by atoms with Crippen molar-refractivity contribution in [1.29, 1.82) is 0 Å². The summed E-state index contributed by atoms with van der Waals surface area (Å²) < 4.78 is 1.10. The quantitative estimate of drug-likeness (QED) is 0.877. The molecule has 82 valence electrons. The van der Waals surface area contributed by atoms with Gasteiger partial charge in [0.25, 0.3) is 0 Å².